The molecule has 0 bridgehead atoms. The van der Waals surface area contributed by atoms with E-state index in [1.807, 2.05) is 36.4 Å². The zero-order valence-electron chi connectivity index (χ0n) is 11.9. The Kier molecular flexibility index (Phi) is 4.55. The molecule has 1 heterocycles. The van der Waals surface area contributed by atoms with Crippen LogP contribution in [0.2, 0.25) is 10.0 Å². The van der Waals surface area contributed by atoms with E-state index in [2.05, 4.69) is 0 Å². The van der Waals surface area contributed by atoms with Crippen LogP contribution in [0.3, 0.4) is 0 Å². The van der Waals surface area contributed by atoms with E-state index in [-0.39, 0.29) is 12.5 Å². The Balaban J connectivity index is 1.72. The van der Waals surface area contributed by atoms with Gasteiger partial charge in [0.25, 0.3) is 5.91 Å². The lowest BCUT2D eigenvalue weighted by atomic mass is 10.1. The highest BCUT2D eigenvalue weighted by atomic mass is 35.5. The second-order valence-electron chi connectivity index (χ2n) is 5.23. The lowest BCUT2D eigenvalue weighted by molar-refractivity contribution is -0.133. The molecule has 0 saturated carbocycles. The van der Waals surface area contributed by atoms with Crippen LogP contribution in [-0.4, -0.2) is 24.0 Å². The number of carbonyl (C=O) groups is 1. The van der Waals surface area contributed by atoms with Gasteiger partial charge in [-0.1, -0.05) is 35.3 Å². The average Bonchev–Trinajstić information content (AvgIpc) is 2.66. The van der Waals surface area contributed by atoms with Crippen molar-refractivity contribution in [2.24, 2.45) is 0 Å². The van der Waals surface area contributed by atoms with E-state index in [4.69, 9.17) is 27.9 Å². The molecule has 3 nitrogen and oxygen atoms in total. The fourth-order valence-electron chi connectivity index (χ4n) is 2.46. The Bertz CT molecular complexity index is 686. The highest BCUT2D eigenvalue weighted by molar-refractivity contribution is 6.30. The number of benzene rings is 2. The van der Waals surface area contributed by atoms with Gasteiger partial charge in [-0.15, -0.1) is 0 Å². The Morgan fingerprint density at radius 3 is 2.55 bits per heavy atom. The summed E-state index contributed by atoms with van der Waals surface area (Å²) in [6.45, 7) is 1.22. The minimum Gasteiger partial charge on any atom is -0.483 e. The van der Waals surface area contributed by atoms with Crippen LogP contribution in [0.15, 0.2) is 42.5 Å². The first-order chi connectivity index (χ1) is 10.6. The van der Waals surface area contributed by atoms with Gasteiger partial charge in [0.1, 0.15) is 5.75 Å². The van der Waals surface area contributed by atoms with Crippen LogP contribution in [-0.2, 0) is 17.8 Å². The summed E-state index contributed by atoms with van der Waals surface area (Å²) in [4.78, 5) is 14.0. The molecule has 0 N–H and O–H groups in total. The van der Waals surface area contributed by atoms with E-state index >= 15 is 0 Å². The number of hydrogen-bond donors (Lipinski definition) is 0. The Morgan fingerprint density at radius 1 is 1.05 bits per heavy atom. The van der Waals surface area contributed by atoms with Crippen LogP contribution in [0.1, 0.15) is 11.1 Å². The predicted octanol–water partition coefficient (Wildman–Crippen LogP) is 3.96. The molecule has 2 aromatic carbocycles. The summed E-state index contributed by atoms with van der Waals surface area (Å²) in [6, 6.07) is 13.1. The highest BCUT2D eigenvalue weighted by Gasteiger charge is 2.21. The topological polar surface area (TPSA) is 29.5 Å². The van der Waals surface area contributed by atoms with Gasteiger partial charge in [-0.05, 0) is 42.3 Å². The molecule has 0 spiro atoms. The third-order valence-corrected chi connectivity index (χ3v) is 4.16. The standard InChI is InChI=1S/C17H15Cl2NO2/c18-14-3-1-12(2-4-14)7-8-20-10-13-9-15(19)5-6-16(13)22-11-17(20)21/h1-6,9H,7-8,10-11H2. The van der Waals surface area contributed by atoms with E-state index in [1.165, 1.54) is 0 Å². The summed E-state index contributed by atoms with van der Waals surface area (Å²) in [5, 5.41) is 1.36. The van der Waals surface area contributed by atoms with Gasteiger partial charge in [-0.3, -0.25) is 4.79 Å². The Hall–Kier alpha value is -1.71. The molecule has 22 heavy (non-hydrogen) atoms. The Labute approximate surface area is 139 Å². The number of nitrogens with zero attached hydrogens (tertiary/aromatic N) is 1. The summed E-state index contributed by atoms with van der Waals surface area (Å²) in [5.74, 6) is 0.716. The summed E-state index contributed by atoms with van der Waals surface area (Å²) < 4.78 is 5.55. The molecule has 0 radical (unpaired) electrons. The number of rotatable bonds is 3. The maximum atomic E-state index is 12.2. The third kappa shape index (κ3) is 3.54. The third-order valence-electron chi connectivity index (χ3n) is 3.67. The SMILES string of the molecule is O=C1COc2ccc(Cl)cc2CN1CCc1ccc(Cl)cc1. The second-order valence-corrected chi connectivity index (χ2v) is 6.11. The van der Waals surface area contributed by atoms with Crippen LogP contribution in [0.5, 0.6) is 5.75 Å². The quantitative estimate of drug-likeness (QED) is 0.849. The zero-order valence-corrected chi connectivity index (χ0v) is 13.4. The molecule has 3 rings (SSSR count). The molecule has 0 saturated heterocycles. The molecule has 0 aliphatic carbocycles. The van der Waals surface area contributed by atoms with Crippen molar-refractivity contribution >= 4 is 29.1 Å². The molecule has 1 aliphatic rings. The largest absolute Gasteiger partial charge is 0.483 e. The Morgan fingerprint density at radius 2 is 1.77 bits per heavy atom. The molecule has 1 aliphatic heterocycles. The average molecular weight is 336 g/mol. The van der Waals surface area contributed by atoms with Crippen molar-refractivity contribution < 1.29 is 9.53 Å². The van der Waals surface area contributed by atoms with Crippen molar-refractivity contribution in [1.82, 2.24) is 4.90 Å². The van der Waals surface area contributed by atoms with Crippen LogP contribution in [0, 0.1) is 0 Å². The maximum Gasteiger partial charge on any atom is 0.260 e. The van der Waals surface area contributed by atoms with Gasteiger partial charge in [0.2, 0.25) is 0 Å². The number of fused-ring (bicyclic) bond motifs is 1. The molecule has 0 atom stereocenters. The normalized spacial score (nSPS) is 14.3. The fourth-order valence-corrected chi connectivity index (χ4v) is 2.78. The first-order valence-electron chi connectivity index (χ1n) is 7.05. The number of amides is 1. The summed E-state index contributed by atoms with van der Waals surface area (Å²) >= 11 is 11.9. The molecule has 5 heteroatoms. The van der Waals surface area contributed by atoms with Crippen LogP contribution in [0.25, 0.3) is 0 Å². The van der Waals surface area contributed by atoms with Gasteiger partial charge < -0.3 is 9.64 Å². The van der Waals surface area contributed by atoms with Gasteiger partial charge >= 0.3 is 0 Å². The first kappa shape index (κ1) is 15.2. The number of ether oxygens (including phenoxy) is 1. The van der Waals surface area contributed by atoms with Crippen molar-refractivity contribution in [1.29, 1.82) is 0 Å². The molecule has 114 valence electrons. The summed E-state index contributed by atoms with van der Waals surface area (Å²) in [7, 11) is 0. The first-order valence-corrected chi connectivity index (χ1v) is 7.81. The second kappa shape index (κ2) is 6.59. The maximum absolute atomic E-state index is 12.2. The van der Waals surface area contributed by atoms with E-state index in [1.54, 1.807) is 11.0 Å². The van der Waals surface area contributed by atoms with E-state index < -0.39 is 0 Å². The van der Waals surface area contributed by atoms with Gasteiger partial charge in [-0.25, -0.2) is 0 Å². The number of halogens is 2. The zero-order chi connectivity index (χ0) is 15.5. The van der Waals surface area contributed by atoms with Crippen molar-refractivity contribution in [2.45, 2.75) is 13.0 Å². The van der Waals surface area contributed by atoms with Gasteiger partial charge in [0, 0.05) is 28.7 Å². The molecule has 2 aromatic rings. The highest BCUT2D eigenvalue weighted by Crippen LogP contribution is 2.26. The molecule has 0 fully saturated rings. The summed E-state index contributed by atoms with van der Waals surface area (Å²) in [6.07, 6.45) is 0.777. The summed E-state index contributed by atoms with van der Waals surface area (Å²) in [5.41, 5.74) is 2.09. The lowest BCUT2D eigenvalue weighted by Gasteiger charge is -2.20. The minimum absolute atomic E-state index is 0.0127. The van der Waals surface area contributed by atoms with Crippen LogP contribution >= 0.6 is 23.2 Å². The minimum atomic E-state index is -0.0127. The lowest BCUT2D eigenvalue weighted by Crippen LogP contribution is -2.34. The molecular weight excluding hydrogens is 321 g/mol. The monoisotopic (exact) mass is 335 g/mol. The molecule has 0 aromatic heterocycles. The van der Waals surface area contributed by atoms with Crippen molar-refractivity contribution in [3.8, 4) is 5.75 Å². The van der Waals surface area contributed by atoms with E-state index in [9.17, 15) is 4.79 Å². The molecular formula is C17H15Cl2NO2. The van der Waals surface area contributed by atoms with Crippen molar-refractivity contribution in [3.63, 3.8) is 0 Å². The van der Waals surface area contributed by atoms with Gasteiger partial charge in [0.05, 0.1) is 0 Å². The van der Waals surface area contributed by atoms with Crippen molar-refractivity contribution in [2.75, 3.05) is 13.2 Å². The fraction of sp³-hybridized carbons (Fsp3) is 0.235. The van der Waals surface area contributed by atoms with Crippen LogP contribution in [0.4, 0.5) is 0 Å². The smallest absolute Gasteiger partial charge is 0.260 e. The van der Waals surface area contributed by atoms with E-state index in [0.717, 1.165) is 23.3 Å². The van der Waals surface area contributed by atoms with Gasteiger partial charge in [-0.2, -0.15) is 0 Å². The number of hydrogen-bond acceptors (Lipinski definition) is 2. The van der Waals surface area contributed by atoms with Crippen molar-refractivity contribution in [3.05, 3.63) is 63.6 Å². The van der Waals surface area contributed by atoms with Gasteiger partial charge in [0.15, 0.2) is 6.61 Å². The molecule has 1 amide bonds. The molecule has 0 unspecified atom stereocenters. The number of carbonyl (C=O) groups excluding carboxylic acids is 1. The van der Waals surface area contributed by atoms with E-state index in [0.29, 0.717) is 23.1 Å². The van der Waals surface area contributed by atoms with Crippen LogP contribution < -0.4 is 4.74 Å². The predicted molar refractivity (Wildman–Crippen MR) is 87.5 cm³/mol.